The third-order valence-electron chi connectivity index (χ3n) is 3.51. The minimum absolute atomic E-state index is 0.0333. The lowest BCUT2D eigenvalue weighted by Crippen LogP contribution is -2.40. The van der Waals surface area contributed by atoms with Crippen LogP contribution in [0.3, 0.4) is 0 Å². The number of amides is 1. The maximum Gasteiger partial charge on any atom is 0.287 e. The van der Waals surface area contributed by atoms with E-state index in [-0.39, 0.29) is 12.4 Å². The summed E-state index contributed by atoms with van der Waals surface area (Å²) in [6.45, 7) is 1.95. The van der Waals surface area contributed by atoms with Gasteiger partial charge in [0.15, 0.2) is 0 Å². The van der Waals surface area contributed by atoms with Crippen LogP contribution in [0.5, 0.6) is 0 Å². The zero-order chi connectivity index (χ0) is 17.1. The first-order valence-electron chi connectivity index (χ1n) is 7.37. The highest BCUT2D eigenvalue weighted by atomic mass is 32.2. The number of nitrogens with zero attached hydrogens (tertiary/aromatic N) is 1. The van der Waals surface area contributed by atoms with E-state index < -0.39 is 17.8 Å². The highest BCUT2D eigenvalue weighted by Gasteiger charge is 2.19. The molecule has 0 fully saturated rings. The van der Waals surface area contributed by atoms with E-state index in [2.05, 4.69) is 15.0 Å². The number of hydrogen-bond acceptors (Lipinski definition) is 5. The molecule has 0 saturated carbocycles. The fourth-order valence-electron chi connectivity index (χ4n) is 2.24. The molecule has 2 aromatic carbocycles. The molecule has 1 heterocycles. The molecule has 7 heteroatoms. The Balaban J connectivity index is 1.64. The van der Waals surface area contributed by atoms with Gasteiger partial charge in [0.2, 0.25) is 5.84 Å². The van der Waals surface area contributed by atoms with Crippen LogP contribution in [0, 0.1) is 12.7 Å². The molecule has 0 saturated heterocycles. The van der Waals surface area contributed by atoms with Crippen molar-refractivity contribution in [2.45, 2.75) is 17.9 Å². The molecule has 3 rings (SSSR count). The Morgan fingerprint density at radius 2 is 2.21 bits per heavy atom. The molecule has 5 nitrogen and oxygen atoms in total. The smallest absolute Gasteiger partial charge is 0.287 e. The lowest BCUT2D eigenvalue weighted by atomic mass is 10.1. The van der Waals surface area contributed by atoms with E-state index >= 15 is 0 Å². The van der Waals surface area contributed by atoms with Gasteiger partial charge in [-0.3, -0.25) is 4.79 Å². The normalized spacial score (nSPS) is 14.2. The zero-order valence-corrected chi connectivity index (χ0v) is 13.7. The molecular formula is C17H16FN3O2S. The molecule has 3 N–H and O–H groups in total. The Labute approximate surface area is 143 Å². The summed E-state index contributed by atoms with van der Waals surface area (Å²) in [6.07, 6.45) is -0.989. The first kappa shape index (κ1) is 16.5. The number of hydrogen-bond donors (Lipinski definition) is 3. The number of halogens is 1. The predicted molar refractivity (Wildman–Crippen MR) is 91.6 cm³/mol. The van der Waals surface area contributed by atoms with Crippen molar-refractivity contribution in [2.75, 3.05) is 6.54 Å². The van der Waals surface area contributed by atoms with Crippen LogP contribution in [0.2, 0.25) is 0 Å². The van der Waals surface area contributed by atoms with E-state index in [0.717, 1.165) is 16.1 Å². The van der Waals surface area contributed by atoms with E-state index in [4.69, 9.17) is 0 Å². The number of rotatable bonds is 4. The third-order valence-corrected chi connectivity index (χ3v) is 4.35. The van der Waals surface area contributed by atoms with Gasteiger partial charge in [-0.15, -0.1) is 0 Å². The number of aliphatic hydroxyl groups excluding tert-OH is 1. The van der Waals surface area contributed by atoms with E-state index in [9.17, 15) is 14.3 Å². The van der Waals surface area contributed by atoms with Crippen molar-refractivity contribution in [1.82, 2.24) is 10.0 Å². The second-order valence-corrected chi connectivity index (χ2v) is 6.26. The highest BCUT2D eigenvalue weighted by molar-refractivity contribution is 7.98. The lowest BCUT2D eigenvalue weighted by molar-refractivity contribution is -0.115. The molecule has 1 atom stereocenters. The van der Waals surface area contributed by atoms with Gasteiger partial charge in [-0.05, 0) is 54.3 Å². The number of fused-ring (bicyclic) bond motifs is 1. The van der Waals surface area contributed by atoms with E-state index in [1.807, 2.05) is 25.1 Å². The number of carbonyl (C=O) groups excluding carboxylic acids is 1. The quantitative estimate of drug-likeness (QED) is 0.745. The van der Waals surface area contributed by atoms with Gasteiger partial charge < -0.3 is 15.1 Å². The van der Waals surface area contributed by atoms with E-state index in [1.165, 1.54) is 30.1 Å². The first-order chi connectivity index (χ1) is 11.5. The molecule has 1 aliphatic heterocycles. The molecule has 24 heavy (non-hydrogen) atoms. The van der Waals surface area contributed by atoms with Crippen LogP contribution < -0.4 is 10.0 Å². The maximum absolute atomic E-state index is 13.2. The van der Waals surface area contributed by atoms with Gasteiger partial charge in [-0.1, -0.05) is 18.2 Å². The first-order valence-corrected chi connectivity index (χ1v) is 8.18. The van der Waals surface area contributed by atoms with Crippen LogP contribution in [0.4, 0.5) is 10.1 Å². The van der Waals surface area contributed by atoms with Crippen LogP contribution in [-0.2, 0) is 4.79 Å². The Morgan fingerprint density at radius 3 is 3.00 bits per heavy atom. The third kappa shape index (κ3) is 3.74. The predicted octanol–water partition coefficient (Wildman–Crippen LogP) is 2.62. The number of carbonyl (C=O) groups is 1. The summed E-state index contributed by atoms with van der Waals surface area (Å²) in [5.41, 5.74) is 2.24. The second kappa shape index (κ2) is 7.02. The van der Waals surface area contributed by atoms with Crippen molar-refractivity contribution >= 4 is 29.4 Å². The summed E-state index contributed by atoms with van der Waals surface area (Å²) in [7, 11) is 0. The topological polar surface area (TPSA) is 73.7 Å². The van der Waals surface area contributed by atoms with Crippen molar-refractivity contribution < 1.29 is 14.3 Å². The van der Waals surface area contributed by atoms with Crippen LogP contribution in [-0.4, -0.2) is 23.4 Å². The number of amidine groups is 1. The molecule has 0 aromatic heterocycles. The summed E-state index contributed by atoms with van der Waals surface area (Å²) < 4.78 is 16.0. The fraction of sp³-hybridized carbons (Fsp3) is 0.176. The summed E-state index contributed by atoms with van der Waals surface area (Å²) in [5.74, 6) is -0.688. The summed E-state index contributed by atoms with van der Waals surface area (Å²) in [6, 6.07) is 11.4. The largest absolute Gasteiger partial charge is 0.387 e. The number of aryl methyl sites for hydroxylation is 1. The standard InChI is InChI=1S/C17H16FN3O2S/c1-10-5-6-13-15(7-10)24-21-16(20-13)17(23)19-9-14(22)11-3-2-4-12(18)8-11/h2-8,14,22H,9H2,1H3,(H,19,23)(H,20,21). The number of aliphatic hydroxyl groups is 1. The van der Waals surface area contributed by atoms with Crippen molar-refractivity contribution in [3.63, 3.8) is 0 Å². The van der Waals surface area contributed by atoms with Crippen LogP contribution in [0.25, 0.3) is 0 Å². The Morgan fingerprint density at radius 1 is 1.38 bits per heavy atom. The van der Waals surface area contributed by atoms with E-state index in [0.29, 0.717) is 5.56 Å². The second-order valence-electron chi connectivity index (χ2n) is 5.42. The number of benzene rings is 2. The molecule has 1 aliphatic rings. The monoisotopic (exact) mass is 345 g/mol. The molecule has 0 bridgehead atoms. The summed E-state index contributed by atoms with van der Waals surface area (Å²) in [4.78, 5) is 17.4. The van der Waals surface area contributed by atoms with Gasteiger partial charge in [0, 0.05) is 6.54 Å². The number of aliphatic imine (C=N–C) groups is 1. The average Bonchev–Trinajstić information content (AvgIpc) is 2.58. The molecule has 124 valence electrons. The Kier molecular flexibility index (Phi) is 4.82. The Hall–Kier alpha value is -2.38. The van der Waals surface area contributed by atoms with Gasteiger partial charge >= 0.3 is 0 Å². The molecule has 1 amide bonds. The minimum atomic E-state index is -0.989. The average molecular weight is 345 g/mol. The summed E-state index contributed by atoms with van der Waals surface area (Å²) in [5, 5.41) is 12.6. The molecular weight excluding hydrogens is 329 g/mol. The minimum Gasteiger partial charge on any atom is -0.387 e. The van der Waals surface area contributed by atoms with Gasteiger partial charge in [-0.25, -0.2) is 9.38 Å². The van der Waals surface area contributed by atoms with Gasteiger partial charge in [0.1, 0.15) is 5.82 Å². The lowest BCUT2D eigenvalue weighted by Gasteiger charge is -2.17. The van der Waals surface area contributed by atoms with Crippen molar-refractivity contribution in [1.29, 1.82) is 0 Å². The molecule has 1 unspecified atom stereocenters. The van der Waals surface area contributed by atoms with Crippen molar-refractivity contribution in [3.05, 3.63) is 59.4 Å². The van der Waals surface area contributed by atoms with Gasteiger partial charge in [0.25, 0.3) is 5.91 Å². The fourth-order valence-corrected chi connectivity index (χ4v) is 3.05. The Bertz CT molecular complexity index is 810. The maximum atomic E-state index is 13.2. The summed E-state index contributed by atoms with van der Waals surface area (Å²) >= 11 is 1.32. The van der Waals surface area contributed by atoms with Crippen LogP contribution >= 0.6 is 11.9 Å². The van der Waals surface area contributed by atoms with Crippen LogP contribution in [0.15, 0.2) is 52.4 Å². The molecule has 0 aliphatic carbocycles. The van der Waals surface area contributed by atoms with Gasteiger partial charge in [0.05, 0.1) is 16.7 Å². The zero-order valence-electron chi connectivity index (χ0n) is 12.9. The van der Waals surface area contributed by atoms with Crippen LogP contribution in [0.1, 0.15) is 17.2 Å². The van der Waals surface area contributed by atoms with Gasteiger partial charge in [-0.2, -0.15) is 0 Å². The van der Waals surface area contributed by atoms with Crippen molar-refractivity contribution in [2.24, 2.45) is 4.99 Å². The number of nitrogens with one attached hydrogen (secondary N) is 2. The van der Waals surface area contributed by atoms with E-state index in [1.54, 1.807) is 6.07 Å². The van der Waals surface area contributed by atoms with Crippen molar-refractivity contribution in [3.8, 4) is 0 Å². The molecule has 2 aromatic rings. The molecule has 0 spiro atoms. The highest BCUT2D eigenvalue weighted by Crippen LogP contribution is 2.31. The SMILES string of the molecule is Cc1ccc2c(c1)SNC(C(=O)NCC(O)c1cccc(F)c1)=N2. The molecule has 0 radical (unpaired) electrons.